The standard InChI is InChI=1S/C15H23FN2O/c1-2-19-14-4-3-7-18(11-14)10-13-6-5-12(9-17)8-15(13)16/h5-6,8,14H,2-4,7,9-11,17H2,1H3. The second kappa shape index (κ2) is 6.98. The minimum atomic E-state index is -0.151. The van der Waals surface area contributed by atoms with Gasteiger partial charge in [-0.05, 0) is 37.9 Å². The molecule has 3 nitrogen and oxygen atoms in total. The first kappa shape index (κ1) is 14.4. The third kappa shape index (κ3) is 4.00. The summed E-state index contributed by atoms with van der Waals surface area (Å²) < 4.78 is 19.6. The number of halogens is 1. The molecule has 0 bridgehead atoms. The SMILES string of the molecule is CCOC1CCCN(Cc2ccc(CN)cc2F)C1. The molecule has 1 unspecified atom stereocenters. The summed E-state index contributed by atoms with van der Waals surface area (Å²) in [6.45, 7) is 5.71. The van der Waals surface area contributed by atoms with Crippen molar-refractivity contribution < 1.29 is 9.13 Å². The molecular formula is C15H23FN2O. The Bertz CT molecular complexity index is 409. The molecule has 0 amide bonds. The van der Waals surface area contributed by atoms with Gasteiger partial charge in [0.2, 0.25) is 0 Å². The van der Waals surface area contributed by atoms with Crippen molar-refractivity contribution in [2.75, 3.05) is 19.7 Å². The molecule has 1 saturated heterocycles. The van der Waals surface area contributed by atoms with Crippen LogP contribution in [0.25, 0.3) is 0 Å². The minimum Gasteiger partial charge on any atom is -0.377 e. The van der Waals surface area contributed by atoms with E-state index in [1.54, 1.807) is 6.07 Å². The van der Waals surface area contributed by atoms with E-state index >= 15 is 0 Å². The zero-order valence-electron chi connectivity index (χ0n) is 11.6. The number of nitrogens with two attached hydrogens (primary N) is 1. The first-order valence-corrected chi connectivity index (χ1v) is 7.04. The van der Waals surface area contributed by atoms with Crippen molar-refractivity contribution in [3.05, 3.63) is 35.1 Å². The predicted molar refractivity (Wildman–Crippen MR) is 74.2 cm³/mol. The van der Waals surface area contributed by atoms with Gasteiger partial charge in [-0.3, -0.25) is 4.90 Å². The van der Waals surface area contributed by atoms with Gasteiger partial charge in [0.05, 0.1) is 6.10 Å². The molecule has 1 aromatic rings. The molecule has 0 aliphatic carbocycles. The maximum Gasteiger partial charge on any atom is 0.128 e. The fourth-order valence-corrected chi connectivity index (χ4v) is 2.62. The van der Waals surface area contributed by atoms with Crippen LogP contribution in [0.2, 0.25) is 0 Å². The van der Waals surface area contributed by atoms with Crippen molar-refractivity contribution in [3.63, 3.8) is 0 Å². The molecule has 0 saturated carbocycles. The highest BCUT2D eigenvalue weighted by molar-refractivity contribution is 5.24. The summed E-state index contributed by atoms with van der Waals surface area (Å²) in [6, 6.07) is 5.30. The Kier molecular flexibility index (Phi) is 5.31. The monoisotopic (exact) mass is 266 g/mol. The van der Waals surface area contributed by atoms with Crippen molar-refractivity contribution in [2.24, 2.45) is 5.73 Å². The molecule has 0 spiro atoms. The molecule has 106 valence electrons. The Labute approximate surface area is 114 Å². The second-order valence-electron chi connectivity index (χ2n) is 5.08. The second-order valence-corrected chi connectivity index (χ2v) is 5.08. The Balaban J connectivity index is 1.96. The van der Waals surface area contributed by atoms with E-state index in [1.165, 1.54) is 0 Å². The fraction of sp³-hybridized carbons (Fsp3) is 0.600. The van der Waals surface area contributed by atoms with E-state index in [4.69, 9.17) is 10.5 Å². The topological polar surface area (TPSA) is 38.5 Å². The van der Waals surface area contributed by atoms with E-state index in [-0.39, 0.29) is 5.82 Å². The minimum absolute atomic E-state index is 0.151. The summed E-state index contributed by atoms with van der Waals surface area (Å²) in [4.78, 5) is 2.27. The molecule has 1 fully saturated rings. The fourth-order valence-electron chi connectivity index (χ4n) is 2.62. The Morgan fingerprint density at radius 3 is 3.00 bits per heavy atom. The van der Waals surface area contributed by atoms with E-state index < -0.39 is 0 Å². The normalized spacial score (nSPS) is 20.7. The lowest BCUT2D eigenvalue weighted by atomic mass is 10.1. The lowest BCUT2D eigenvalue weighted by molar-refractivity contribution is 0.00336. The highest BCUT2D eigenvalue weighted by Gasteiger charge is 2.20. The maximum absolute atomic E-state index is 13.9. The molecule has 0 aromatic heterocycles. The number of benzene rings is 1. The third-order valence-corrected chi connectivity index (χ3v) is 3.61. The summed E-state index contributed by atoms with van der Waals surface area (Å²) in [5, 5.41) is 0. The summed E-state index contributed by atoms with van der Waals surface area (Å²) in [6.07, 6.45) is 2.52. The van der Waals surface area contributed by atoms with Gasteiger partial charge < -0.3 is 10.5 Å². The van der Waals surface area contributed by atoms with Gasteiger partial charge in [-0.1, -0.05) is 12.1 Å². The number of nitrogens with zero attached hydrogens (tertiary/aromatic N) is 1. The quantitative estimate of drug-likeness (QED) is 0.888. The highest BCUT2D eigenvalue weighted by Crippen LogP contribution is 2.18. The van der Waals surface area contributed by atoms with Gasteiger partial charge in [-0.25, -0.2) is 4.39 Å². The van der Waals surface area contributed by atoms with E-state index in [2.05, 4.69) is 4.90 Å². The van der Waals surface area contributed by atoms with Crippen molar-refractivity contribution in [1.82, 2.24) is 4.90 Å². The lowest BCUT2D eigenvalue weighted by Gasteiger charge is -2.32. The molecule has 19 heavy (non-hydrogen) atoms. The molecule has 4 heteroatoms. The Morgan fingerprint density at radius 1 is 1.47 bits per heavy atom. The smallest absolute Gasteiger partial charge is 0.128 e. The van der Waals surface area contributed by atoms with Crippen LogP contribution in [-0.2, 0) is 17.8 Å². The average molecular weight is 266 g/mol. The number of hydrogen-bond acceptors (Lipinski definition) is 3. The largest absolute Gasteiger partial charge is 0.377 e. The molecule has 2 N–H and O–H groups in total. The molecule has 0 radical (unpaired) electrons. The van der Waals surface area contributed by atoms with Crippen LogP contribution >= 0.6 is 0 Å². The zero-order valence-corrected chi connectivity index (χ0v) is 11.6. The van der Waals surface area contributed by atoms with Crippen LogP contribution in [0.5, 0.6) is 0 Å². The summed E-state index contributed by atoms with van der Waals surface area (Å²) in [7, 11) is 0. The lowest BCUT2D eigenvalue weighted by Crippen LogP contribution is -2.39. The van der Waals surface area contributed by atoms with Gasteiger partial charge in [0.1, 0.15) is 5.82 Å². The molecular weight excluding hydrogens is 243 g/mol. The molecule has 1 atom stereocenters. The highest BCUT2D eigenvalue weighted by atomic mass is 19.1. The first-order valence-electron chi connectivity index (χ1n) is 7.04. The van der Waals surface area contributed by atoms with Crippen molar-refractivity contribution >= 4 is 0 Å². The summed E-state index contributed by atoms with van der Waals surface area (Å²) >= 11 is 0. The number of piperidine rings is 1. The van der Waals surface area contributed by atoms with Gasteiger partial charge in [0.25, 0.3) is 0 Å². The predicted octanol–water partition coefficient (Wildman–Crippen LogP) is 2.29. The maximum atomic E-state index is 13.9. The van der Waals surface area contributed by atoms with Crippen LogP contribution in [0.4, 0.5) is 4.39 Å². The third-order valence-electron chi connectivity index (χ3n) is 3.61. The Hall–Kier alpha value is -0.970. The van der Waals surface area contributed by atoms with Crippen LogP contribution in [-0.4, -0.2) is 30.7 Å². The summed E-state index contributed by atoms with van der Waals surface area (Å²) in [5.74, 6) is -0.151. The van der Waals surface area contributed by atoms with E-state index in [0.717, 1.165) is 43.7 Å². The molecule has 1 heterocycles. The Morgan fingerprint density at radius 2 is 2.32 bits per heavy atom. The number of ether oxygens (including phenoxy) is 1. The number of hydrogen-bond donors (Lipinski definition) is 1. The van der Waals surface area contributed by atoms with E-state index in [1.807, 2.05) is 19.1 Å². The first-order chi connectivity index (χ1) is 9.22. The van der Waals surface area contributed by atoms with Gasteiger partial charge in [-0.15, -0.1) is 0 Å². The number of likely N-dealkylation sites (tertiary alicyclic amines) is 1. The van der Waals surface area contributed by atoms with Crippen LogP contribution < -0.4 is 5.73 Å². The van der Waals surface area contributed by atoms with E-state index in [9.17, 15) is 4.39 Å². The van der Waals surface area contributed by atoms with Gasteiger partial charge >= 0.3 is 0 Å². The van der Waals surface area contributed by atoms with Gasteiger partial charge in [0.15, 0.2) is 0 Å². The number of rotatable bonds is 5. The zero-order chi connectivity index (χ0) is 13.7. The van der Waals surface area contributed by atoms with Gasteiger partial charge in [-0.2, -0.15) is 0 Å². The molecule has 2 rings (SSSR count). The van der Waals surface area contributed by atoms with Gasteiger partial charge in [0, 0.05) is 31.8 Å². The van der Waals surface area contributed by atoms with Crippen LogP contribution in [0.3, 0.4) is 0 Å². The summed E-state index contributed by atoms with van der Waals surface area (Å²) in [5.41, 5.74) is 7.10. The van der Waals surface area contributed by atoms with Crippen molar-refractivity contribution in [1.29, 1.82) is 0 Å². The van der Waals surface area contributed by atoms with Crippen molar-refractivity contribution in [3.8, 4) is 0 Å². The van der Waals surface area contributed by atoms with Crippen LogP contribution in [0.1, 0.15) is 30.9 Å². The van der Waals surface area contributed by atoms with Crippen LogP contribution in [0.15, 0.2) is 18.2 Å². The molecule has 1 aliphatic heterocycles. The molecule has 1 aliphatic rings. The molecule has 1 aromatic carbocycles. The average Bonchev–Trinajstić information content (AvgIpc) is 2.42. The van der Waals surface area contributed by atoms with E-state index in [0.29, 0.717) is 19.2 Å². The van der Waals surface area contributed by atoms with Crippen molar-refractivity contribution in [2.45, 2.75) is 39.0 Å². The van der Waals surface area contributed by atoms with Crippen LogP contribution in [0, 0.1) is 5.82 Å².